The number of thiazole rings is 1. The van der Waals surface area contributed by atoms with Gasteiger partial charge in [0.25, 0.3) is 10.0 Å². The Morgan fingerprint density at radius 2 is 2.00 bits per heavy atom. The number of nitrogens with zero attached hydrogens (tertiary/aromatic N) is 4. The van der Waals surface area contributed by atoms with Crippen LogP contribution in [-0.2, 0) is 10.0 Å². The number of rotatable bonds is 4. The van der Waals surface area contributed by atoms with Gasteiger partial charge in [-0.05, 0) is 19.1 Å². The Morgan fingerprint density at radius 3 is 2.58 bits per heavy atom. The molecule has 2 aromatic rings. The number of pyridine rings is 1. The summed E-state index contributed by atoms with van der Waals surface area (Å²) in [4.78, 5) is 21.3. The van der Waals surface area contributed by atoms with Crippen molar-refractivity contribution in [2.24, 2.45) is 0 Å². The van der Waals surface area contributed by atoms with E-state index in [0.29, 0.717) is 23.9 Å². The Morgan fingerprint density at radius 1 is 1.29 bits per heavy atom. The second-order valence-corrected chi connectivity index (χ2v) is 8.22. The first-order chi connectivity index (χ1) is 11.4. The molecule has 0 amide bonds. The number of aromatic nitrogens is 2. The number of carboxylic acid groups (broad SMARTS) is 1. The van der Waals surface area contributed by atoms with Crippen LogP contribution in [0.2, 0.25) is 0 Å². The van der Waals surface area contributed by atoms with Crippen molar-refractivity contribution in [3.05, 3.63) is 34.3 Å². The van der Waals surface area contributed by atoms with Crippen LogP contribution in [0.25, 0.3) is 0 Å². The van der Waals surface area contributed by atoms with Crippen LogP contribution in [0.1, 0.15) is 15.4 Å². The maximum atomic E-state index is 12.6. The smallest absolute Gasteiger partial charge is 0.339 e. The highest BCUT2D eigenvalue weighted by atomic mass is 32.2. The van der Waals surface area contributed by atoms with Crippen molar-refractivity contribution in [1.29, 1.82) is 0 Å². The van der Waals surface area contributed by atoms with Gasteiger partial charge < -0.3 is 10.0 Å². The molecule has 1 saturated heterocycles. The summed E-state index contributed by atoms with van der Waals surface area (Å²) in [6.07, 6.45) is 1.53. The van der Waals surface area contributed by atoms with Crippen molar-refractivity contribution in [1.82, 2.24) is 14.3 Å². The molecule has 0 saturated carbocycles. The average Bonchev–Trinajstić information content (AvgIpc) is 3.02. The summed E-state index contributed by atoms with van der Waals surface area (Å²) in [7, 11) is -3.60. The predicted octanol–water partition coefficient (Wildman–Crippen LogP) is 1.06. The molecule has 0 aliphatic carbocycles. The van der Waals surface area contributed by atoms with Gasteiger partial charge in [0, 0.05) is 37.8 Å². The summed E-state index contributed by atoms with van der Waals surface area (Å²) in [5, 5.41) is 11.6. The van der Waals surface area contributed by atoms with Crippen molar-refractivity contribution in [2.75, 3.05) is 31.1 Å². The Hall–Kier alpha value is -2.04. The highest BCUT2D eigenvalue weighted by Gasteiger charge is 2.31. The van der Waals surface area contributed by atoms with Crippen LogP contribution in [0.4, 0.5) is 5.82 Å². The molecule has 1 N–H and O–H groups in total. The van der Waals surface area contributed by atoms with Crippen molar-refractivity contribution >= 4 is 33.1 Å². The fourth-order valence-corrected chi connectivity index (χ4v) is 4.87. The third-order valence-electron chi connectivity index (χ3n) is 3.76. The van der Waals surface area contributed by atoms with Crippen molar-refractivity contribution < 1.29 is 18.3 Å². The number of carboxylic acids is 1. The monoisotopic (exact) mass is 368 g/mol. The van der Waals surface area contributed by atoms with Gasteiger partial charge in [0.05, 0.1) is 5.01 Å². The molecule has 0 atom stereocenters. The molecule has 1 aliphatic heterocycles. The number of hydrogen-bond acceptors (Lipinski definition) is 7. The number of aryl methyl sites for hydroxylation is 1. The first-order valence-corrected chi connectivity index (χ1v) is 9.57. The van der Waals surface area contributed by atoms with Gasteiger partial charge in [0.15, 0.2) is 5.03 Å². The molecule has 0 spiro atoms. The van der Waals surface area contributed by atoms with Crippen molar-refractivity contribution in [2.45, 2.75) is 11.9 Å². The number of anilines is 1. The van der Waals surface area contributed by atoms with Gasteiger partial charge >= 0.3 is 5.97 Å². The lowest BCUT2D eigenvalue weighted by Crippen LogP contribution is -2.49. The van der Waals surface area contributed by atoms with Crippen molar-refractivity contribution in [3.8, 4) is 0 Å². The molecule has 24 heavy (non-hydrogen) atoms. The molecule has 1 fully saturated rings. The van der Waals surface area contributed by atoms with Crippen LogP contribution in [0.15, 0.2) is 28.7 Å². The maximum absolute atomic E-state index is 12.6. The van der Waals surface area contributed by atoms with E-state index in [2.05, 4.69) is 9.97 Å². The predicted molar refractivity (Wildman–Crippen MR) is 89.0 cm³/mol. The molecule has 128 valence electrons. The van der Waals surface area contributed by atoms with E-state index in [1.165, 1.54) is 27.9 Å². The van der Waals surface area contributed by atoms with E-state index >= 15 is 0 Å². The molecule has 3 rings (SSSR count). The lowest BCUT2D eigenvalue weighted by Gasteiger charge is -2.34. The molecule has 10 heteroatoms. The van der Waals surface area contributed by atoms with Crippen LogP contribution in [0, 0.1) is 6.92 Å². The van der Waals surface area contributed by atoms with Gasteiger partial charge in [-0.2, -0.15) is 4.31 Å². The number of aromatic carboxylic acids is 1. The van der Waals surface area contributed by atoms with Crippen LogP contribution < -0.4 is 4.90 Å². The fourth-order valence-electron chi connectivity index (χ4n) is 2.55. The van der Waals surface area contributed by atoms with Crippen LogP contribution in [0.3, 0.4) is 0 Å². The largest absolute Gasteiger partial charge is 0.478 e. The zero-order chi connectivity index (χ0) is 17.3. The van der Waals surface area contributed by atoms with Crippen molar-refractivity contribution in [3.63, 3.8) is 0 Å². The second kappa shape index (κ2) is 6.46. The third kappa shape index (κ3) is 3.12. The van der Waals surface area contributed by atoms with E-state index in [4.69, 9.17) is 0 Å². The summed E-state index contributed by atoms with van der Waals surface area (Å²) in [6, 6.07) is 3.06. The molecule has 0 unspecified atom stereocenters. The molecule has 1 aliphatic rings. The quantitative estimate of drug-likeness (QED) is 0.860. The summed E-state index contributed by atoms with van der Waals surface area (Å²) in [6.45, 7) is 3.03. The van der Waals surface area contributed by atoms with Gasteiger partial charge in [-0.1, -0.05) is 0 Å². The fraction of sp³-hybridized carbons (Fsp3) is 0.357. The Bertz CT molecular complexity index is 857. The first-order valence-electron chi connectivity index (χ1n) is 7.25. The molecule has 8 nitrogen and oxygen atoms in total. The number of sulfonamides is 1. The van der Waals surface area contributed by atoms with E-state index < -0.39 is 16.0 Å². The zero-order valence-electron chi connectivity index (χ0n) is 12.9. The molecule has 0 radical (unpaired) electrons. The minimum absolute atomic E-state index is 0.0718. The van der Waals surface area contributed by atoms with E-state index in [9.17, 15) is 18.3 Å². The van der Waals surface area contributed by atoms with Crippen LogP contribution in [-0.4, -0.2) is 59.9 Å². The van der Waals surface area contributed by atoms with E-state index in [1.807, 2.05) is 0 Å². The lowest BCUT2D eigenvalue weighted by molar-refractivity contribution is 0.0697. The average molecular weight is 368 g/mol. The zero-order valence-corrected chi connectivity index (χ0v) is 14.5. The van der Waals surface area contributed by atoms with Crippen LogP contribution in [0.5, 0.6) is 0 Å². The SMILES string of the molecule is Cc1nc(S(=O)(=O)N2CCN(c3ncccc3C(=O)O)CC2)cs1. The topological polar surface area (TPSA) is 104 Å². The highest BCUT2D eigenvalue weighted by Crippen LogP contribution is 2.23. The van der Waals surface area contributed by atoms with Gasteiger partial charge in [-0.25, -0.2) is 23.2 Å². The second-order valence-electron chi connectivity index (χ2n) is 5.28. The number of carbonyl (C=O) groups is 1. The summed E-state index contributed by atoms with van der Waals surface area (Å²) >= 11 is 1.30. The van der Waals surface area contributed by atoms with E-state index in [0.717, 1.165) is 0 Å². The summed E-state index contributed by atoms with van der Waals surface area (Å²) in [5.74, 6) is -0.683. The van der Waals surface area contributed by atoms with Gasteiger partial charge in [0.1, 0.15) is 11.4 Å². The number of piperazine rings is 1. The minimum Gasteiger partial charge on any atom is -0.478 e. The molecule has 3 heterocycles. The molecule has 0 bridgehead atoms. The highest BCUT2D eigenvalue weighted by molar-refractivity contribution is 7.89. The molecular weight excluding hydrogens is 352 g/mol. The lowest BCUT2D eigenvalue weighted by atomic mass is 10.2. The van der Waals surface area contributed by atoms with Gasteiger partial charge in [-0.3, -0.25) is 0 Å². The Kier molecular flexibility index (Phi) is 4.52. The normalized spacial score (nSPS) is 16.3. The summed E-state index contributed by atoms with van der Waals surface area (Å²) < 4.78 is 26.5. The van der Waals surface area contributed by atoms with Gasteiger partial charge in [0.2, 0.25) is 0 Å². The molecule has 0 aromatic carbocycles. The van der Waals surface area contributed by atoms with E-state index in [-0.39, 0.29) is 23.7 Å². The Balaban J connectivity index is 1.76. The maximum Gasteiger partial charge on any atom is 0.339 e. The van der Waals surface area contributed by atoms with Crippen LogP contribution >= 0.6 is 11.3 Å². The standard InChI is InChI=1S/C14H16N4O4S2/c1-10-16-12(9-23-10)24(21,22)18-7-5-17(6-8-18)13-11(14(19)20)3-2-4-15-13/h2-4,9H,5-8H2,1H3,(H,19,20). The number of hydrogen-bond donors (Lipinski definition) is 1. The first kappa shape index (κ1) is 16.8. The third-order valence-corrected chi connectivity index (χ3v) is 6.46. The molecular formula is C14H16N4O4S2. The minimum atomic E-state index is -3.60. The Labute approximate surface area is 143 Å². The van der Waals surface area contributed by atoms with E-state index in [1.54, 1.807) is 23.3 Å². The van der Waals surface area contributed by atoms with Gasteiger partial charge in [-0.15, -0.1) is 11.3 Å². The summed E-state index contributed by atoms with van der Waals surface area (Å²) in [5.41, 5.74) is 0.115. The molecule has 2 aromatic heterocycles.